The molecule has 1 heterocycles. The van der Waals surface area contributed by atoms with Crippen molar-refractivity contribution < 1.29 is 14.3 Å². The van der Waals surface area contributed by atoms with Crippen LogP contribution in [0.1, 0.15) is 80.1 Å². The van der Waals surface area contributed by atoms with Gasteiger partial charge in [0.15, 0.2) is 0 Å². The first kappa shape index (κ1) is 20.3. The molecule has 0 aromatic heterocycles. The molecule has 4 nitrogen and oxygen atoms in total. The zero-order chi connectivity index (χ0) is 17.5. The molecule has 1 fully saturated rings. The van der Waals surface area contributed by atoms with Crippen molar-refractivity contribution in [3.63, 3.8) is 0 Å². The highest BCUT2D eigenvalue weighted by Crippen LogP contribution is 2.28. The second-order valence-corrected chi connectivity index (χ2v) is 8.14. The van der Waals surface area contributed by atoms with E-state index in [2.05, 4.69) is 20.8 Å². The van der Waals surface area contributed by atoms with Gasteiger partial charge in [0.1, 0.15) is 5.60 Å². The van der Waals surface area contributed by atoms with Crippen molar-refractivity contribution >= 4 is 6.09 Å². The van der Waals surface area contributed by atoms with E-state index in [1.165, 1.54) is 25.7 Å². The molecule has 1 aliphatic rings. The third kappa shape index (κ3) is 7.56. The Morgan fingerprint density at radius 3 is 2.30 bits per heavy atom. The average molecular weight is 328 g/mol. The maximum absolute atomic E-state index is 12.1. The van der Waals surface area contributed by atoms with Crippen molar-refractivity contribution in [2.45, 2.75) is 91.3 Å². The molecular weight excluding hydrogens is 290 g/mol. The van der Waals surface area contributed by atoms with Crippen LogP contribution < -0.4 is 0 Å². The van der Waals surface area contributed by atoms with Gasteiger partial charge < -0.3 is 14.4 Å². The number of ether oxygens (including phenoxy) is 2. The molecule has 0 aromatic rings. The number of rotatable bonds is 7. The highest BCUT2D eigenvalue weighted by molar-refractivity contribution is 5.68. The van der Waals surface area contributed by atoms with E-state index in [1.54, 1.807) is 0 Å². The Morgan fingerprint density at radius 2 is 1.83 bits per heavy atom. The zero-order valence-corrected chi connectivity index (χ0v) is 16.1. The first-order chi connectivity index (χ1) is 10.7. The highest BCUT2D eigenvalue weighted by Gasteiger charge is 2.34. The van der Waals surface area contributed by atoms with E-state index < -0.39 is 5.60 Å². The quantitative estimate of drug-likeness (QED) is 0.660. The maximum atomic E-state index is 12.1. The van der Waals surface area contributed by atoms with Crippen LogP contribution in [0.4, 0.5) is 4.79 Å². The summed E-state index contributed by atoms with van der Waals surface area (Å²) in [6, 6.07) is 0. The Labute approximate surface area is 142 Å². The van der Waals surface area contributed by atoms with Gasteiger partial charge in [-0.25, -0.2) is 4.79 Å². The summed E-state index contributed by atoms with van der Waals surface area (Å²) in [6.45, 7) is 14.7. The molecule has 0 saturated carbocycles. The highest BCUT2D eigenvalue weighted by atomic mass is 16.6. The van der Waals surface area contributed by atoms with Crippen LogP contribution in [-0.2, 0) is 9.47 Å². The second-order valence-electron chi connectivity index (χ2n) is 8.14. The molecular formula is C19H37NO3. The number of hydrogen-bond donors (Lipinski definition) is 0. The Balaban J connectivity index is 2.39. The lowest BCUT2D eigenvalue weighted by Crippen LogP contribution is -2.48. The number of unbranched alkanes of at least 4 members (excludes halogenated alkanes) is 1. The Hall–Kier alpha value is -0.770. The van der Waals surface area contributed by atoms with Crippen LogP contribution in [0.15, 0.2) is 0 Å². The van der Waals surface area contributed by atoms with Gasteiger partial charge in [-0.1, -0.05) is 33.1 Å². The van der Waals surface area contributed by atoms with E-state index in [4.69, 9.17) is 9.47 Å². The Morgan fingerprint density at radius 1 is 1.22 bits per heavy atom. The lowest BCUT2D eigenvalue weighted by atomic mass is 9.92. The average Bonchev–Trinajstić information content (AvgIpc) is 2.46. The molecule has 0 bridgehead atoms. The van der Waals surface area contributed by atoms with Crippen LogP contribution >= 0.6 is 0 Å². The van der Waals surface area contributed by atoms with Crippen LogP contribution in [0.25, 0.3) is 0 Å². The van der Waals surface area contributed by atoms with Gasteiger partial charge in [-0.15, -0.1) is 0 Å². The molecule has 0 aliphatic carbocycles. The zero-order valence-electron chi connectivity index (χ0n) is 16.1. The van der Waals surface area contributed by atoms with Gasteiger partial charge in [0.25, 0.3) is 0 Å². The minimum atomic E-state index is -0.429. The van der Waals surface area contributed by atoms with Gasteiger partial charge in [0.05, 0.1) is 12.2 Å². The number of hydrogen-bond acceptors (Lipinski definition) is 3. The van der Waals surface area contributed by atoms with Gasteiger partial charge in [0.2, 0.25) is 0 Å². The van der Waals surface area contributed by atoms with E-state index in [9.17, 15) is 4.79 Å². The molecule has 0 radical (unpaired) electrons. The van der Waals surface area contributed by atoms with Crippen molar-refractivity contribution in [2.75, 3.05) is 19.7 Å². The smallest absolute Gasteiger partial charge is 0.410 e. The first-order valence-corrected chi connectivity index (χ1v) is 9.31. The van der Waals surface area contributed by atoms with Crippen LogP contribution in [0.3, 0.4) is 0 Å². The van der Waals surface area contributed by atoms with Crippen molar-refractivity contribution in [2.24, 2.45) is 5.92 Å². The van der Waals surface area contributed by atoms with Gasteiger partial charge in [0, 0.05) is 13.1 Å². The van der Waals surface area contributed by atoms with Gasteiger partial charge in [-0.3, -0.25) is 0 Å². The molecule has 136 valence electrons. The van der Waals surface area contributed by atoms with Gasteiger partial charge in [-0.05, 0) is 52.9 Å². The SMILES string of the molecule is CCCCC(CC)COC1(C)CCN(C(=O)OC(C)(C)C)CC1. The molecule has 1 saturated heterocycles. The first-order valence-electron chi connectivity index (χ1n) is 9.31. The summed E-state index contributed by atoms with van der Waals surface area (Å²) in [5.41, 5.74) is -0.528. The van der Waals surface area contributed by atoms with E-state index in [0.717, 1.165) is 32.5 Å². The lowest BCUT2D eigenvalue weighted by Gasteiger charge is -2.40. The number of amides is 1. The van der Waals surface area contributed by atoms with E-state index in [0.29, 0.717) is 5.92 Å². The minimum Gasteiger partial charge on any atom is -0.444 e. The van der Waals surface area contributed by atoms with Crippen LogP contribution in [0.5, 0.6) is 0 Å². The van der Waals surface area contributed by atoms with Crippen LogP contribution in [-0.4, -0.2) is 41.9 Å². The summed E-state index contributed by atoms with van der Waals surface area (Å²) in [7, 11) is 0. The Bertz CT molecular complexity index is 354. The molecule has 0 N–H and O–H groups in total. The Kier molecular flexibility index (Phi) is 7.85. The van der Waals surface area contributed by atoms with Gasteiger partial charge >= 0.3 is 6.09 Å². The molecule has 1 amide bonds. The van der Waals surface area contributed by atoms with Crippen LogP contribution in [0, 0.1) is 5.92 Å². The number of nitrogens with zero attached hydrogens (tertiary/aromatic N) is 1. The summed E-state index contributed by atoms with van der Waals surface area (Å²) >= 11 is 0. The predicted molar refractivity (Wildman–Crippen MR) is 94.7 cm³/mol. The van der Waals surface area contributed by atoms with Gasteiger partial charge in [-0.2, -0.15) is 0 Å². The molecule has 23 heavy (non-hydrogen) atoms. The third-order valence-corrected chi connectivity index (χ3v) is 4.68. The third-order valence-electron chi connectivity index (χ3n) is 4.68. The molecule has 1 aliphatic heterocycles. The maximum Gasteiger partial charge on any atom is 0.410 e. The normalized spacial score (nSPS) is 19.5. The number of piperidine rings is 1. The van der Waals surface area contributed by atoms with E-state index in [-0.39, 0.29) is 11.7 Å². The largest absolute Gasteiger partial charge is 0.444 e. The fourth-order valence-electron chi connectivity index (χ4n) is 2.85. The van der Waals surface area contributed by atoms with Crippen LogP contribution in [0.2, 0.25) is 0 Å². The van der Waals surface area contributed by atoms with E-state index >= 15 is 0 Å². The lowest BCUT2D eigenvalue weighted by molar-refractivity contribution is -0.0849. The van der Waals surface area contributed by atoms with Crippen molar-refractivity contribution in [1.29, 1.82) is 0 Å². The number of carbonyl (C=O) groups excluding carboxylic acids is 1. The monoisotopic (exact) mass is 327 g/mol. The summed E-state index contributed by atoms with van der Waals surface area (Å²) in [4.78, 5) is 13.9. The minimum absolute atomic E-state index is 0.0991. The molecule has 0 spiro atoms. The topological polar surface area (TPSA) is 38.8 Å². The second kappa shape index (κ2) is 8.91. The van der Waals surface area contributed by atoms with E-state index in [1.807, 2.05) is 25.7 Å². The van der Waals surface area contributed by atoms with Crippen molar-refractivity contribution in [1.82, 2.24) is 4.90 Å². The molecule has 0 aromatic carbocycles. The van der Waals surface area contributed by atoms with Crippen molar-refractivity contribution in [3.8, 4) is 0 Å². The summed E-state index contributed by atoms with van der Waals surface area (Å²) in [6.07, 6.45) is 6.54. The standard InChI is InChI=1S/C19H37NO3/c1-7-9-10-16(8-2)15-22-19(6)11-13-20(14-12-19)17(21)23-18(3,4)5/h16H,7-15H2,1-6H3. The summed E-state index contributed by atoms with van der Waals surface area (Å²) < 4.78 is 11.7. The number of carbonyl (C=O) groups is 1. The predicted octanol–water partition coefficient (Wildman–Crippen LogP) is 5.01. The molecule has 1 unspecified atom stereocenters. The molecule has 1 atom stereocenters. The summed E-state index contributed by atoms with van der Waals surface area (Å²) in [5.74, 6) is 0.663. The fourth-order valence-corrected chi connectivity index (χ4v) is 2.85. The fraction of sp³-hybridized carbons (Fsp3) is 0.947. The summed E-state index contributed by atoms with van der Waals surface area (Å²) in [5, 5.41) is 0. The molecule has 4 heteroatoms. The molecule has 1 rings (SSSR count). The van der Waals surface area contributed by atoms with Crippen molar-refractivity contribution in [3.05, 3.63) is 0 Å². The number of likely N-dealkylation sites (tertiary alicyclic amines) is 1.